The Hall–Kier alpha value is -1.59. The summed E-state index contributed by atoms with van der Waals surface area (Å²) >= 11 is 7.08. The maximum Gasteiger partial charge on any atom is 0.227 e. The third-order valence-corrected chi connectivity index (χ3v) is 3.34. The van der Waals surface area contributed by atoms with E-state index in [1.54, 1.807) is 12.1 Å². The molecule has 1 amide bonds. The lowest BCUT2D eigenvalue weighted by molar-refractivity contribution is -0.115. The topological polar surface area (TPSA) is 68.9 Å². The average Bonchev–Trinajstić information content (AvgIpc) is 2.38. The molecule has 0 aliphatic heterocycles. The normalized spacial score (nSPS) is 10.3. The van der Waals surface area contributed by atoms with Gasteiger partial charge in [0.05, 0.1) is 11.4 Å². The second-order valence-corrected chi connectivity index (χ2v) is 4.95. The summed E-state index contributed by atoms with van der Waals surface area (Å²) in [5.41, 5.74) is 6.76. The first kappa shape index (κ1) is 12.9. The van der Waals surface area contributed by atoms with Gasteiger partial charge in [-0.15, -0.1) is 10.2 Å². The van der Waals surface area contributed by atoms with Crippen molar-refractivity contribution in [2.45, 2.75) is 5.03 Å². The number of amides is 1. The van der Waals surface area contributed by atoms with E-state index in [-0.39, 0.29) is 11.7 Å². The summed E-state index contributed by atoms with van der Waals surface area (Å²) in [6, 6.07) is 11.0. The molecule has 0 atom stereocenters. The van der Waals surface area contributed by atoms with Crippen LogP contribution < -0.4 is 5.73 Å². The number of carbonyl (C=O) groups excluding carboxylic acids is 1. The number of halogens is 1. The van der Waals surface area contributed by atoms with Gasteiger partial charge in [-0.2, -0.15) is 0 Å². The Labute approximate surface area is 114 Å². The van der Waals surface area contributed by atoms with Crippen molar-refractivity contribution in [1.29, 1.82) is 0 Å². The fourth-order valence-electron chi connectivity index (χ4n) is 1.32. The predicted molar refractivity (Wildman–Crippen MR) is 72.4 cm³/mol. The first-order valence-corrected chi connectivity index (χ1v) is 6.52. The highest BCUT2D eigenvalue weighted by molar-refractivity contribution is 7.99. The minimum atomic E-state index is -0.372. The lowest BCUT2D eigenvalue weighted by Gasteiger charge is -2.01. The Balaban J connectivity index is 2.12. The zero-order valence-corrected chi connectivity index (χ0v) is 10.9. The van der Waals surface area contributed by atoms with Crippen LogP contribution in [0.25, 0.3) is 11.3 Å². The molecular formula is C12H10ClN3OS. The van der Waals surface area contributed by atoms with Crippen molar-refractivity contribution in [2.24, 2.45) is 5.73 Å². The summed E-state index contributed by atoms with van der Waals surface area (Å²) < 4.78 is 0. The summed E-state index contributed by atoms with van der Waals surface area (Å²) in [7, 11) is 0. The molecule has 18 heavy (non-hydrogen) atoms. The minimum Gasteiger partial charge on any atom is -0.369 e. The highest BCUT2D eigenvalue weighted by atomic mass is 35.5. The number of nitrogens with zero attached hydrogens (tertiary/aromatic N) is 2. The number of benzene rings is 1. The van der Waals surface area contributed by atoms with Gasteiger partial charge in [0.15, 0.2) is 0 Å². The van der Waals surface area contributed by atoms with E-state index in [0.29, 0.717) is 10.0 Å². The molecule has 0 aliphatic rings. The van der Waals surface area contributed by atoms with E-state index in [4.69, 9.17) is 17.3 Å². The zero-order chi connectivity index (χ0) is 13.0. The summed E-state index contributed by atoms with van der Waals surface area (Å²) in [4.78, 5) is 10.6. The van der Waals surface area contributed by atoms with Crippen molar-refractivity contribution in [3.8, 4) is 11.3 Å². The first-order chi connectivity index (χ1) is 8.65. The van der Waals surface area contributed by atoms with E-state index < -0.39 is 0 Å². The van der Waals surface area contributed by atoms with Crippen molar-refractivity contribution in [2.75, 3.05) is 5.75 Å². The fourth-order valence-corrected chi connectivity index (χ4v) is 2.00. The Kier molecular flexibility index (Phi) is 4.17. The van der Waals surface area contributed by atoms with Gasteiger partial charge in [-0.25, -0.2) is 0 Å². The summed E-state index contributed by atoms with van der Waals surface area (Å²) in [6.45, 7) is 0. The van der Waals surface area contributed by atoms with Crippen LogP contribution in [0.15, 0.2) is 41.4 Å². The van der Waals surface area contributed by atoms with Crippen molar-refractivity contribution >= 4 is 29.3 Å². The summed E-state index contributed by atoms with van der Waals surface area (Å²) in [5.74, 6) is -0.168. The molecule has 4 nitrogen and oxygen atoms in total. The van der Waals surface area contributed by atoms with Crippen LogP contribution in [0.1, 0.15) is 0 Å². The Bertz CT molecular complexity index is 542. The third kappa shape index (κ3) is 3.45. The Morgan fingerprint density at radius 2 is 1.89 bits per heavy atom. The molecule has 2 rings (SSSR count). The van der Waals surface area contributed by atoms with Crippen LogP contribution in [0.5, 0.6) is 0 Å². The van der Waals surface area contributed by atoms with Gasteiger partial charge in [-0.3, -0.25) is 4.79 Å². The molecule has 6 heteroatoms. The number of hydrogen-bond donors (Lipinski definition) is 1. The van der Waals surface area contributed by atoms with Gasteiger partial charge in [0.25, 0.3) is 0 Å². The highest BCUT2D eigenvalue weighted by Crippen LogP contribution is 2.21. The molecule has 0 aliphatic carbocycles. The second-order valence-electron chi connectivity index (χ2n) is 3.52. The number of carbonyl (C=O) groups is 1. The molecule has 92 valence electrons. The molecule has 0 bridgehead atoms. The van der Waals surface area contributed by atoms with E-state index in [2.05, 4.69) is 10.2 Å². The van der Waals surface area contributed by atoms with Crippen molar-refractivity contribution in [3.63, 3.8) is 0 Å². The molecule has 1 aromatic carbocycles. The molecule has 1 heterocycles. The van der Waals surface area contributed by atoms with Crippen molar-refractivity contribution < 1.29 is 4.79 Å². The zero-order valence-electron chi connectivity index (χ0n) is 9.34. The molecule has 0 saturated carbocycles. The monoisotopic (exact) mass is 279 g/mol. The predicted octanol–water partition coefficient (Wildman–Crippen LogP) is 2.37. The minimum absolute atomic E-state index is 0.203. The number of rotatable bonds is 4. The van der Waals surface area contributed by atoms with Crippen molar-refractivity contribution in [1.82, 2.24) is 10.2 Å². The van der Waals surface area contributed by atoms with Gasteiger partial charge in [-0.1, -0.05) is 35.5 Å². The number of primary amides is 1. The van der Waals surface area contributed by atoms with Gasteiger partial charge in [0, 0.05) is 10.6 Å². The van der Waals surface area contributed by atoms with Crippen molar-refractivity contribution in [3.05, 3.63) is 41.4 Å². The van der Waals surface area contributed by atoms with E-state index in [1.165, 1.54) is 11.8 Å². The van der Waals surface area contributed by atoms with Gasteiger partial charge in [0.1, 0.15) is 5.03 Å². The molecule has 2 N–H and O–H groups in total. The van der Waals surface area contributed by atoms with Gasteiger partial charge >= 0.3 is 0 Å². The largest absolute Gasteiger partial charge is 0.369 e. The van der Waals surface area contributed by atoms with E-state index in [0.717, 1.165) is 11.3 Å². The van der Waals surface area contributed by atoms with Gasteiger partial charge in [-0.05, 0) is 24.3 Å². The maximum absolute atomic E-state index is 10.6. The standard InChI is InChI=1S/C12H10ClN3OS/c13-9-3-1-8(2-4-9)10-5-6-12(16-15-10)18-7-11(14)17/h1-6H,7H2,(H2,14,17). The van der Waals surface area contributed by atoms with E-state index in [1.807, 2.05) is 24.3 Å². The average molecular weight is 280 g/mol. The number of aromatic nitrogens is 2. The van der Waals surface area contributed by atoms with Gasteiger partial charge in [0.2, 0.25) is 5.91 Å². The fraction of sp³-hybridized carbons (Fsp3) is 0.0833. The summed E-state index contributed by atoms with van der Waals surface area (Å²) in [6.07, 6.45) is 0. The Morgan fingerprint density at radius 3 is 2.44 bits per heavy atom. The van der Waals surface area contributed by atoms with Crippen LogP contribution in [0.3, 0.4) is 0 Å². The van der Waals surface area contributed by atoms with Crippen LogP contribution in [0.2, 0.25) is 5.02 Å². The summed E-state index contributed by atoms with van der Waals surface area (Å²) in [5, 5.41) is 9.47. The van der Waals surface area contributed by atoms with Gasteiger partial charge < -0.3 is 5.73 Å². The Morgan fingerprint density at radius 1 is 1.17 bits per heavy atom. The number of thioether (sulfide) groups is 1. The lowest BCUT2D eigenvalue weighted by atomic mass is 10.1. The molecule has 0 fully saturated rings. The van der Waals surface area contributed by atoms with Crippen LogP contribution in [-0.2, 0) is 4.79 Å². The SMILES string of the molecule is NC(=O)CSc1ccc(-c2ccc(Cl)cc2)nn1. The number of hydrogen-bond acceptors (Lipinski definition) is 4. The molecule has 2 aromatic rings. The molecule has 0 saturated heterocycles. The molecular weight excluding hydrogens is 270 g/mol. The van der Waals surface area contributed by atoms with E-state index in [9.17, 15) is 4.79 Å². The molecule has 0 radical (unpaired) electrons. The van der Waals surface area contributed by atoms with Crippen LogP contribution in [-0.4, -0.2) is 21.9 Å². The van der Waals surface area contributed by atoms with Crippen LogP contribution in [0, 0.1) is 0 Å². The van der Waals surface area contributed by atoms with Crippen LogP contribution >= 0.6 is 23.4 Å². The maximum atomic E-state index is 10.6. The molecule has 0 unspecified atom stereocenters. The third-order valence-electron chi connectivity index (χ3n) is 2.14. The highest BCUT2D eigenvalue weighted by Gasteiger charge is 2.03. The second kappa shape index (κ2) is 5.84. The number of nitrogens with two attached hydrogens (primary N) is 1. The van der Waals surface area contributed by atoms with Crippen LogP contribution in [0.4, 0.5) is 0 Å². The molecule has 0 spiro atoms. The van der Waals surface area contributed by atoms with E-state index >= 15 is 0 Å². The first-order valence-electron chi connectivity index (χ1n) is 5.16. The quantitative estimate of drug-likeness (QED) is 0.873. The smallest absolute Gasteiger partial charge is 0.227 e. The lowest BCUT2D eigenvalue weighted by Crippen LogP contribution is -2.13. The molecule has 1 aromatic heterocycles.